The largest absolute Gasteiger partial charge is 0.496 e. The van der Waals surface area contributed by atoms with Gasteiger partial charge in [0.15, 0.2) is 0 Å². The molecule has 1 unspecified atom stereocenters. The van der Waals surface area contributed by atoms with E-state index in [1.807, 2.05) is 31.2 Å². The predicted octanol–water partition coefficient (Wildman–Crippen LogP) is 4.28. The van der Waals surface area contributed by atoms with Gasteiger partial charge in [-0.2, -0.15) is 0 Å². The van der Waals surface area contributed by atoms with Crippen LogP contribution in [0.1, 0.15) is 22.3 Å². The lowest BCUT2D eigenvalue weighted by molar-refractivity contribution is 0.411. The number of hydrogen-bond donors (Lipinski definition) is 0. The second-order valence-electron chi connectivity index (χ2n) is 8.41. The standard InChI is InChI=1S/C15H22N2O.C10H14OS/c1-11-8-14-13(9-15(11)18-5)6-7-17(14)12(2)10-16(3)4;1-9-6-4-5-7-10(9)8-12(2,3)11/h8-9H,2,6-7,10H2,1,3-5H3;4-7H,2,8H2,1,3H3. The minimum Gasteiger partial charge on any atom is -0.496 e. The van der Waals surface area contributed by atoms with Crippen LogP contribution in [0.4, 0.5) is 5.69 Å². The highest BCUT2D eigenvalue weighted by Crippen LogP contribution is 2.35. The van der Waals surface area contributed by atoms with Gasteiger partial charge in [0.05, 0.1) is 7.11 Å². The highest BCUT2D eigenvalue weighted by molar-refractivity contribution is 7.98. The molecule has 1 aliphatic heterocycles. The van der Waals surface area contributed by atoms with Crippen LogP contribution in [0.15, 0.2) is 48.7 Å². The Hall–Kier alpha value is -2.24. The zero-order chi connectivity index (χ0) is 22.5. The number of ether oxygens (including phenoxy) is 1. The molecule has 0 aromatic heterocycles. The molecule has 2 aromatic rings. The molecule has 0 N–H and O–H groups in total. The van der Waals surface area contributed by atoms with Crippen molar-refractivity contribution in [2.45, 2.75) is 26.0 Å². The van der Waals surface area contributed by atoms with Gasteiger partial charge in [-0.15, -0.1) is 0 Å². The molecule has 4 nitrogen and oxygen atoms in total. The molecule has 0 amide bonds. The molecule has 5 heteroatoms. The first-order valence-corrected chi connectivity index (χ1v) is 12.4. The lowest BCUT2D eigenvalue weighted by atomic mass is 10.1. The van der Waals surface area contributed by atoms with Crippen LogP contribution in [0, 0.1) is 13.8 Å². The molecule has 0 saturated carbocycles. The van der Waals surface area contributed by atoms with Crippen LogP contribution in [-0.2, 0) is 21.7 Å². The van der Waals surface area contributed by atoms with E-state index in [2.05, 4.69) is 55.4 Å². The van der Waals surface area contributed by atoms with Crippen molar-refractivity contribution in [1.29, 1.82) is 0 Å². The zero-order valence-corrected chi connectivity index (χ0v) is 20.1. The highest BCUT2D eigenvalue weighted by Gasteiger charge is 2.22. The van der Waals surface area contributed by atoms with Crippen molar-refractivity contribution in [3.05, 3.63) is 70.9 Å². The Morgan fingerprint density at radius 2 is 1.87 bits per heavy atom. The van der Waals surface area contributed by atoms with E-state index in [0.717, 1.165) is 36.5 Å². The molecule has 164 valence electrons. The number of nitrogens with zero attached hydrogens (tertiary/aromatic N) is 2. The summed E-state index contributed by atoms with van der Waals surface area (Å²) >= 11 is 0. The summed E-state index contributed by atoms with van der Waals surface area (Å²) in [4.78, 5) is 4.47. The fourth-order valence-corrected chi connectivity index (χ4v) is 4.60. The number of likely N-dealkylation sites (N-methyl/N-ethyl adjacent to an activating group) is 1. The Balaban J connectivity index is 0.000000232. The van der Waals surface area contributed by atoms with Crippen molar-refractivity contribution >= 4 is 21.1 Å². The molecule has 0 radical (unpaired) electrons. The van der Waals surface area contributed by atoms with Crippen molar-refractivity contribution in [3.63, 3.8) is 0 Å². The second kappa shape index (κ2) is 10.2. The summed E-state index contributed by atoms with van der Waals surface area (Å²) in [6.07, 6.45) is 2.76. The summed E-state index contributed by atoms with van der Waals surface area (Å²) in [5, 5.41) is 0. The van der Waals surface area contributed by atoms with Gasteiger partial charge in [-0.3, -0.25) is 4.21 Å². The number of hydrogen-bond acceptors (Lipinski definition) is 4. The van der Waals surface area contributed by atoms with E-state index < -0.39 is 9.52 Å². The van der Waals surface area contributed by atoms with Gasteiger partial charge in [0.1, 0.15) is 5.75 Å². The van der Waals surface area contributed by atoms with E-state index in [1.54, 1.807) is 13.4 Å². The molecule has 0 spiro atoms. The van der Waals surface area contributed by atoms with Gasteiger partial charge >= 0.3 is 0 Å². The maximum absolute atomic E-state index is 11.4. The van der Waals surface area contributed by atoms with Crippen LogP contribution < -0.4 is 9.64 Å². The molecule has 0 saturated heterocycles. The third-order valence-corrected chi connectivity index (χ3v) is 6.02. The minimum atomic E-state index is -1.90. The Morgan fingerprint density at radius 3 is 2.43 bits per heavy atom. The molecule has 0 aliphatic carbocycles. The Kier molecular flexibility index (Phi) is 8.16. The van der Waals surface area contributed by atoms with Gasteiger partial charge in [0.25, 0.3) is 0 Å². The van der Waals surface area contributed by atoms with E-state index in [0.29, 0.717) is 5.75 Å². The molecule has 30 heavy (non-hydrogen) atoms. The third kappa shape index (κ3) is 6.64. The summed E-state index contributed by atoms with van der Waals surface area (Å²) in [7, 11) is 3.97. The van der Waals surface area contributed by atoms with E-state index >= 15 is 0 Å². The molecule has 0 fully saturated rings. The quantitative estimate of drug-likeness (QED) is 0.643. The van der Waals surface area contributed by atoms with Crippen molar-refractivity contribution in [1.82, 2.24) is 4.90 Å². The number of benzene rings is 2. The summed E-state index contributed by atoms with van der Waals surface area (Å²) in [6.45, 7) is 10.2. The van der Waals surface area contributed by atoms with Crippen LogP contribution in [0.25, 0.3) is 0 Å². The number of fused-ring (bicyclic) bond motifs is 1. The molecule has 1 heterocycles. The smallest absolute Gasteiger partial charge is 0.122 e. The number of rotatable bonds is 6. The average molecular weight is 429 g/mol. The zero-order valence-electron chi connectivity index (χ0n) is 19.3. The summed E-state index contributed by atoms with van der Waals surface area (Å²) < 4.78 is 16.8. The fraction of sp³-hybridized carbons (Fsp3) is 0.400. The van der Waals surface area contributed by atoms with E-state index in [1.165, 1.54) is 22.4 Å². The van der Waals surface area contributed by atoms with Crippen LogP contribution >= 0.6 is 0 Å². The Morgan fingerprint density at radius 1 is 1.20 bits per heavy atom. The lowest BCUT2D eigenvalue weighted by Crippen LogP contribution is -2.27. The SMILES string of the molecule is C=C(CN(C)C)N1CCc2cc(OC)c(C)cc21.C=S(C)(=O)Cc1ccccc1C. The molecule has 0 bridgehead atoms. The van der Waals surface area contributed by atoms with Crippen LogP contribution in [0.2, 0.25) is 0 Å². The first kappa shape index (κ1) is 24.0. The first-order valence-electron chi connectivity index (χ1n) is 10.1. The number of methoxy groups -OCH3 is 1. The lowest BCUT2D eigenvalue weighted by Gasteiger charge is -2.25. The Labute approximate surface area is 183 Å². The van der Waals surface area contributed by atoms with E-state index in [4.69, 9.17) is 4.74 Å². The minimum absolute atomic E-state index is 0.583. The van der Waals surface area contributed by atoms with Crippen LogP contribution in [-0.4, -0.2) is 55.5 Å². The maximum atomic E-state index is 11.4. The molecule has 3 rings (SSSR count). The van der Waals surface area contributed by atoms with E-state index in [-0.39, 0.29) is 0 Å². The van der Waals surface area contributed by atoms with Gasteiger partial charge in [-0.1, -0.05) is 30.8 Å². The topological polar surface area (TPSA) is 32.8 Å². The van der Waals surface area contributed by atoms with Crippen molar-refractivity contribution in [3.8, 4) is 5.75 Å². The van der Waals surface area contributed by atoms with Gasteiger partial charge in [-0.05, 0) is 84.1 Å². The van der Waals surface area contributed by atoms with Gasteiger partial charge in [-0.25, -0.2) is 0 Å². The van der Waals surface area contributed by atoms with Crippen molar-refractivity contribution in [2.75, 3.05) is 45.5 Å². The Bertz CT molecular complexity index is 994. The number of aryl methyl sites for hydroxylation is 2. The molecule has 1 atom stereocenters. The molecule has 2 aromatic carbocycles. The molecule has 1 aliphatic rings. The monoisotopic (exact) mass is 428 g/mol. The maximum Gasteiger partial charge on any atom is 0.122 e. The van der Waals surface area contributed by atoms with Gasteiger partial charge < -0.3 is 14.5 Å². The molecular weight excluding hydrogens is 392 g/mol. The van der Waals surface area contributed by atoms with Gasteiger partial charge in [0.2, 0.25) is 0 Å². The van der Waals surface area contributed by atoms with Gasteiger partial charge in [0, 0.05) is 36.5 Å². The summed E-state index contributed by atoms with van der Waals surface area (Å²) in [6, 6.07) is 12.4. The first-order chi connectivity index (χ1) is 14.0. The normalized spacial score (nSPS) is 14.6. The second-order valence-corrected chi connectivity index (χ2v) is 11.1. The average Bonchev–Trinajstić information content (AvgIpc) is 3.04. The summed E-state index contributed by atoms with van der Waals surface area (Å²) in [5.41, 5.74) is 7.32. The van der Waals surface area contributed by atoms with Crippen LogP contribution in [0.3, 0.4) is 0 Å². The van der Waals surface area contributed by atoms with Crippen LogP contribution in [0.5, 0.6) is 5.75 Å². The van der Waals surface area contributed by atoms with Crippen molar-refractivity contribution < 1.29 is 8.95 Å². The fourth-order valence-electron chi connectivity index (χ4n) is 3.62. The molecular formula is C25H36N2O2S. The van der Waals surface area contributed by atoms with Crippen molar-refractivity contribution in [2.24, 2.45) is 0 Å². The summed E-state index contributed by atoms with van der Waals surface area (Å²) in [5.74, 6) is 5.20. The highest BCUT2D eigenvalue weighted by atomic mass is 32.2. The third-order valence-electron chi connectivity index (χ3n) is 5.09. The number of anilines is 1. The van der Waals surface area contributed by atoms with E-state index in [9.17, 15) is 4.21 Å². The predicted molar refractivity (Wildman–Crippen MR) is 133 cm³/mol.